The van der Waals surface area contributed by atoms with Gasteiger partial charge in [0.15, 0.2) is 5.76 Å². The Morgan fingerprint density at radius 1 is 1.27 bits per heavy atom. The maximum absolute atomic E-state index is 12.5. The summed E-state index contributed by atoms with van der Waals surface area (Å²) in [6.07, 6.45) is 0.451. The highest BCUT2D eigenvalue weighted by atomic mass is 16.5. The first kappa shape index (κ1) is 17.9. The number of benzene rings is 1. The Labute approximate surface area is 151 Å². The molecule has 6 heteroatoms. The first-order valence-corrected chi connectivity index (χ1v) is 8.73. The highest BCUT2D eigenvalue weighted by Gasteiger charge is 2.22. The molecule has 0 spiro atoms. The summed E-state index contributed by atoms with van der Waals surface area (Å²) in [6, 6.07) is 7.78. The molecule has 2 aromatic heterocycles. The zero-order valence-corrected chi connectivity index (χ0v) is 15.5. The number of hydrogen-bond acceptors (Lipinski definition) is 4. The summed E-state index contributed by atoms with van der Waals surface area (Å²) in [5, 5.41) is 7.74. The standard InChI is InChI=1S/C20H23N3O3/c1-11(2)18-17(13(4)23-26-18)20(25)21-8-7-14-10-15-9-12(3)5-6-16(15)22-19(14)24/h5-6,9-11H,7-8H2,1-4H3,(H,21,25)(H,22,24). The molecule has 3 aromatic rings. The highest BCUT2D eigenvalue weighted by Crippen LogP contribution is 2.22. The number of hydrogen-bond donors (Lipinski definition) is 2. The number of pyridine rings is 1. The SMILES string of the molecule is Cc1ccc2[nH]c(=O)c(CCNC(=O)c3c(C)noc3C(C)C)cc2c1. The van der Waals surface area contributed by atoms with Gasteiger partial charge in [-0.05, 0) is 43.9 Å². The van der Waals surface area contributed by atoms with Gasteiger partial charge in [-0.15, -0.1) is 0 Å². The molecule has 0 aliphatic heterocycles. The molecule has 0 aliphatic carbocycles. The minimum absolute atomic E-state index is 0.0727. The third-order valence-corrected chi connectivity index (χ3v) is 4.40. The van der Waals surface area contributed by atoms with Crippen LogP contribution in [-0.2, 0) is 6.42 Å². The summed E-state index contributed by atoms with van der Waals surface area (Å²) in [4.78, 5) is 27.6. The number of fused-ring (bicyclic) bond motifs is 1. The fraction of sp³-hybridized carbons (Fsp3) is 0.350. The molecule has 26 heavy (non-hydrogen) atoms. The van der Waals surface area contributed by atoms with Crippen LogP contribution >= 0.6 is 0 Å². The second-order valence-electron chi connectivity index (χ2n) is 6.88. The first-order valence-electron chi connectivity index (χ1n) is 8.73. The van der Waals surface area contributed by atoms with Gasteiger partial charge in [0.2, 0.25) is 0 Å². The molecular formula is C20H23N3O3. The van der Waals surface area contributed by atoms with Crippen LogP contribution in [0, 0.1) is 13.8 Å². The predicted molar refractivity (Wildman–Crippen MR) is 101 cm³/mol. The number of aryl methyl sites for hydroxylation is 2. The quantitative estimate of drug-likeness (QED) is 0.737. The second kappa shape index (κ2) is 7.15. The zero-order chi connectivity index (χ0) is 18.8. The minimum Gasteiger partial charge on any atom is -0.360 e. The van der Waals surface area contributed by atoms with Crippen molar-refractivity contribution in [3.05, 3.63) is 62.8 Å². The molecule has 0 atom stereocenters. The van der Waals surface area contributed by atoms with Gasteiger partial charge >= 0.3 is 0 Å². The topological polar surface area (TPSA) is 88.0 Å². The van der Waals surface area contributed by atoms with Crippen LogP contribution < -0.4 is 10.9 Å². The molecule has 1 aromatic carbocycles. The van der Waals surface area contributed by atoms with E-state index in [2.05, 4.69) is 15.5 Å². The largest absolute Gasteiger partial charge is 0.360 e. The fourth-order valence-electron chi connectivity index (χ4n) is 3.01. The molecule has 0 fully saturated rings. The molecule has 2 heterocycles. The van der Waals surface area contributed by atoms with Crippen molar-refractivity contribution in [2.24, 2.45) is 0 Å². The fourth-order valence-corrected chi connectivity index (χ4v) is 3.01. The summed E-state index contributed by atoms with van der Waals surface area (Å²) < 4.78 is 5.26. The summed E-state index contributed by atoms with van der Waals surface area (Å²) in [5.74, 6) is 0.433. The summed E-state index contributed by atoms with van der Waals surface area (Å²) in [5.41, 5.74) is 3.53. The average Bonchev–Trinajstić information content (AvgIpc) is 2.97. The van der Waals surface area contributed by atoms with Crippen molar-refractivity contribution in [3.63, 3.8) is 0 Å². The number of carbonyl (C=O) groups excluding carboxylic acids is 1. The molecule has 2 N–H and O–H groups in total. The molecule has 0 bridgehead atoms. The van der Waals surface area contributed by atoms with Crippen molar-refractivity contribution in [3.8, 4) is 0 Å². The summed E-state index contributed by atoms with van der Waals surface area (Å²) in [7, 11) is 0. The molecule has 1 amide bonds. The van der Waals surface area contributed by atoms with Gasteiger partial charge in [-0.1, -0.05) is 30.6 Å². The molecular weight excluding hydrogens is 330 g/mol. The lowest BCUT2D eigenvalue weighted by molar-refractivity contribution is 0.0951. The Bertz CT molecular complexity index is 1010. The Balaban J connectivity index is 1.73. The van der Waals surface area contributed by atoms with Crippen molar-refractivity contribution in [2.45, 2.75) is 40.0 Å². The number of aromatic nitrogens is 2. The molecule has 0 saturated heterocycles. The monoisotopic (exact) mass is 353 g/mol. The van der Waals surface area contributed by atoms with Gasteiger partial charge in [-0.25, -0.2) is 0 Å². The van der Waals surface area contributed by atoms with E-state index in [1.54, 1.807) is 6.92 Å². The Kier molecular flexibility index (Phi) is 4.93. The second-order valence-corrected chi connectivity index (χ2v) is 6.88. The van der Waals surface area contributed by atoms with Crippen LogP contribution in [-0.4, -0.2) is 22.6 Å². The lowest BCUT2D eigenvalue weighted by Crippen LogP contribution is -2.28. The molecule has 0 aliphatic rings. The Morgan fingerprint density at radius 3 is 2.77 bits per heavy atom. The van der Waals surface area contributed by atoms with Crippen LogP contribution in [0.2, 0.25) is 0 Å². The van der Waals surface area contributed by atoms with E-state index in [1.807, 2.05) is 45.0 Å². The van der Waals surface area contributed by atoms with E-state index in [1.165, 1.54) is 0 Å². The molecule has 136 valence electrons. The Morgan fingerprint density at radius 2 is 2.04 bits per heavy atom. The van der Waals surface area contributed by atoms with E-state index in [0.29, 0.717) is 35.5 Å². The van der Waals surface area contributed by atoms with Crippen LogP contribution in [0.15, 0.2) is 33.6 Å². The van der Waals surface area contributed by atoms with Crippen LogP contribution in [0.25, 0.3) is 10.9 Å². The van der Waals surface area contributed by atoms with Crippen molar-refractivity contribution in [2.75, 3.05) is 6.54 Å². The maximum atomic E-state index is 12.5. The van der Waals surface area contributed by atoms with E-state index in [4.69, 9.17) is 4.52 Å². The van der Waals surface area contributed by atoms with Crippen molar-refractivity contribution >= 4 is 16.8 Å². The summed E-state index contributed by atoms with van der Waals surface area (Å²) in [6.45, 7) is 8.03. The summed E-state index contributed by atoms with van der Waals surface area (Å²) >= 11 is 0. The molecule has 0 saturated carbocycles. The molecule has 0 unspecified atom stereocenters. The van der Waals surface area contributed by atoms with Gasteiger partial charge in [0.25, 0.3) is 11.5 Å². The first-order chi connectivity index (χ1) is 12.4. The number of H-pyrrole nitrogens is 1. The van der Waals surface area contributed by atoms with Crippen LogP contribution in [0.4, 0.5) is 0 Å². The number of amides is 1. The van der Waals surface area contributed by atoms with Crippen LogP contribution in [0.3, 0.4) is 0 Å². The van der Waals surface area contributed by atoms with Gasteiger partial charge in [-0.2, -0.15) is 0 Å². The minimum atomic E-state index is -0.222. The van der Waals surface area contributed by atoms with Gasteiger partial charge in [-0.3, -0.25) is 9.59 Å². The third kappa shape index (κ3) is 3.54. The lowest BCUT2D eigenvalue weighted by Gasteiger charge is -2.08. The van der Waals surface area contributed by atoms with Gasteiger partial charge in [0.1, 0.15) is 5.56 Å². The molecule has 0 radical (unpaired) electrons. The van der Waals surface area contributed by atoms with Crippen LogP contribution in [0.5, 0.6) is 0 Å². The van der Waals surface area contributed by atoms with E-state index >= 15 is 0 Å². The number of rotatable bonds is 5. The van der Waals surface area contributed by atoms with Gasteiger partial charge in [0, 0.05) is 23.5 Å². The molecule has 3 rings (SSSR count). The van der Waals surface area contributed by atoms with Crippen molar-refractivity contribution in [1.82, 2.24) is 15.5 Å². The van der Waals surface area contributed by atoms with E-state index in [9.17, 15) is 9.59 Å². The third-order valence-electron chi connectivity index (χ3n) is 4.40. The van der Waals surface area contributed by atoms with Crippen molar-refractivity contribution in [1.29, 1.82) is 0 Å². The number of carbonyl (C=O) groups is 1. The number of nitrogens with one attached hydrogen (secondary N) is 2. The van der Waals surface area contributed by atoms with Gasteiger partial charge < -0.3 is 14.8 Å². The number of aromatic amines is 1. The van der Waals surface area contributed by atoms with Crippen molar-refractivity contribution < 1.29 is 9.32 Å². The van der Waals surface area contributed by atoms with E-state index in [-0.39, 0.29) is 17.4 Å². The van der Waals surface area contributed by atoms with E-state index in [0.717, 1.165) is 16.5 Å². The smallest absolute Gasteiger partial charge is 0.256 e. The lowest BCUT2D eigenvalue weighted by atomic mass is 10.0. The van der Waals surface area contributed by atoms with Gasteiger partial charge in [0.05, 0.1) is 5.69 Å². The average molecular weight is 353 g/mol. The molecule has 6 nitrogen and oxygen atoms in total. The Hall–Kier alpha value is -2.89. The zero-order valence-electron chi connectivity index (χ0n) is 15.5. The highest BCUT2D eigenvalue weighted by molar-refractivity contribution is 5.96. The maximum Gasteiger partial charge on any atom is 0.256 e. The predicted octanol–water partition coefficient (Wildman–Crippen LogP) is 3.23. The number of nitrogens with zero attached hydrogens (tertiary/aromatic N) is 1. The van der Waals surface area contributed by atoms with E-state index < -0.39 is 0 Å². The normalized spacial score (nSPS) is 11.3. The van der Waals surface area contributed by atoms with Crippen LogP contribution in [0.1, 0.15) is 52.7 Å².